The Labute approximate surface area is 133 Å². The molecule has 2 rings (SSSR count). The Balaban J connectivity index is 2.32. The van der Waals surface area contributed by atoms with Crippen LogP contribution in [0.15, 0.2) is 6.20 Å². The van der Waals surface area contributed by atoms with Crippen LogP contribution in [-0.4, -0.2) is 41.9 Å². The van der Waals surface area contributed by atoms with Gasteiger partial charge in [-0.05, 0) is 39.9 Å². The lowest BCUT2D eigenvalue weighted by Gasteiger charge is -2.35. The zero-order valence-electron chi connectivity index (χ0n) is 13.7. The van der Waals surface area contributed by atoms with E-state index >= 15 is 0 Å². The maximum Gasteiger partial charge on any atom is 0.0837 e. The van der Waals surface area contributed by atoms with Crippen LogP contribution in [0, 0.1) is 0 Å². The molecule has 2 heterocycles. The number of nitrogens with zero attached hydrogens (tertiary/aromatic N) is 3. The van der Waals surface area contributed by atoms with Crippen molar-refractivity contribution in [3.63, 3.8) is 0 Å². The predicted molar refractivity (Wildman–Crippen MR) is 88.8 cm³/mol. The fourth-order valence-electron chi connectivity index (χ4n) is 3.41. The van der Waals surface area contributed by atoms with Gasteiger partial charge in [0, 0.05) is 6.54 Å². The van der Waals surface area contributed by atoms with Gasteiger partial charge in [-0.15, -0.1) is 0 Å². The molecule has 0 spiro atoms. The second kappa shape index (κ2) is 7.61. The number of aromatic nitrogens is 2. The SMILES string of the molecule is CCCC1(c2c(Cl)cnn2CCN(C)C)CCCCCN1. The van der Waals surface area contributed by atoms with Gasteiger partial charge in [-0.25, -0.2) is 0 Å². The van der Waals surface area contributed by atoms with E-state index in [0.29, 0.717) is 0 Å². The second-order valence-electron chi connectivity index (χ2n) is 6.44. The molecule has 1 fully saturated rings. The van der Waals surface area contributed by atoms with Crippen LogP contribution in [-0.2, 0) is 12.1 Å². The van der Waals surface area contributed by atoms with Crippen LogP contribution in [0.2, 0.25) is 5.02 Å². The maximum absolute atomic E-state index is 6.54. The van der Waals surface area contributed by atoms with Gasteiger partial charge < -0.3 is 10.2 Å². The molecule has 0 amide bonds. The van der Waals surface area contributed by atoms with E-state index in [1.807, 2.05) is 6.20 Å². The Kier molecular flexibility index (Phi) is 6.08. The predicted octanol–water partition coefficient (Wildman–Crippen LogP) is 3.26. The molecule has 1 saturated heterocycles. The van der Waals surface area contributed by atoms with E-state index in [1.165, 1.54) is 25.0 Å². The van der Waals surface area contributed by atoms with Gasteiger partial charge in [0.1, 0.15) is 0 Å². The molecule has 0 aromatic carbocycles. The molecule has 0 saturated carbocycles. The van der Waals surface area contributed by atoms with Gasteiger partial charge >= 0.3 is 0 Å². The minimum absolute atomic E-state index is 0.00511. The van der Waals surface area contributed by atoms with Crippen molar-refractivity contribution in [3.8, 4) is 0 Å². The summed E-state index contributed by atoms with van der Waals surface area (Å²) < 4.78 is 2.12. The summed E-state index contributed by atoms with van der Waals surface area (Å²) in [6.07, 6.45) is 9.09. The number of rotatable bonds is 6. The molecule has 120 valence electrons. The lowest BCUT2D eigenvalue weighted by molar-refractivity contribution is 0.267. The zero-order valence-corrected chi connectivity index (χ0v) is 14.4. The van der Waals surface area contributed by atoms with Crippen LogP contribution in [0.25, 0.3) is 0 Å². The fraction of sp³-hybridized carbons (Fsp3) is 0.812. The quantitative estimate of drug-likeness (QED) is 0.875. The molecule has 4 nitrogen and oxygen atoms in total. The van der Waals surface area contributed by atoms with Crippen LogP contribution in [0.3, 0.4) is 0 Å². The number of hydrogen-bond acceptors (Lipinski definition) is 3. The summed E-state index contributed by atoms with van der Waals surface area (Å²) in [4.78, 5) is 2.19. The summed E-state index contributed by atoms with van der Waals surface area (Å²) in [7, 11) is 4.19. The topological polar surface area (TPSA) is 33.1 Å². The number of nitrogens with one attached hydrogen (secondary N) is 1. The smallest absolute Gasteiger partial charge is 0.0837 e. The fourth-order valence-corrected chi connectivity index (χ4v) is 3.73. The van der Waals surface area contributed by atoms with Crippen molar-refractivity contribution in [1.29, 1.82) is 0 Å². The summed E-state index contributed by atoms with van der Waals surface area (Å²) >= 11 is 6.54. The Morgan fingerprint density at radius 1 is 1.38 bits per heavy atom. The first-order valence-electron chi connectivity index (χ1n) is 8.20. The molecule has 1 aromatic heterocycles. The van der Waals surface area contributed by atoms with Gasteiger partial charge in [0.2, 0.25) is 0 Å². The molecule has 5 heteroatoms. The summed E-state index contributed by atoms with van der Waals surface area (Å²) in [5.41, 5.74) is 1.21. The summed E-state index contributed by atoms with van der Waals surface area (Å²) in [5.74, 6) is 0. The minimum Gasteiger partial charge on any atom is -0.308 e. The summed E-state index contributed by atoms with van der Waals surface area (Å²) in [5, 5.41) is 9.16. The molecule has 1 aromatic rings. The van der Waals surface area contributed by atoms with E-state index in [4.69, 9.17) is 11.6 Å². The van der Waals surface area contributed by atoms with E-state index < -0.39 is 0 Å². The Bertz CT molecular complexity index is 433. The zero-order chi connectivity index (χ0) is 15.3. The van der Waals surface area contributed by atoms with E-state index in [1.54, 1.807) is 0 Å². The first-order chi connectivity index (χ1) is 10.1. The molecule has 0 aliphatic carbocycles. The van der Waals surface area contributed by atoms with Gasteiger partial charge in [0.25, 0.3) is 0 Å². The summed E-state index contributed by atoms with van der Waals surface area (Å²) in [6.45, 7) is 5.20. The van der Waals surface area contributed by atoms with Crippen molar-refractivity contribution in [2.75, 3.05) is 27.2 Å². The third-order valence-corrected chi connectivity index (χ3v) is 4.70. The number of halogens is 1. The van der Waals surface area contributed by atoms with Crippen molar-refractivity contribution in [2.45, 2.75) is 57.5 Å². The third kappa shape index (κ3) is 3.99. The van der Waals surface area contributed by atoms with Gasteiger partial charge in [-0.2, -0.15) is 5.10 Å². The average molecular weight is 313 g/mol. The first kappa shape index (κ1) is 16.8. The van der Waals surface area contributed by atoms with E-state index in [9.17, 15) is 0 Å². The van der Waals surface area contributed by atoms with Crippen LogP contribution in [0.5, 0.6) is 0 Å². The number of likely N-dealkylation sites (N-methyl/N-ethyl adjacent to an activating group) is 1. The van der Waals surface area contributed by atoms with Gasteiger partial charge in [-0.1, -0.05) is 37.8 Å². The molecule has 1 aliphatic heterocycles. The Morgan fingerprint density at radius 2 is 2.19 bits per heavy atom. The van der Waals surface area contributed by atoms with Crippen LogP contribution in [0.1, 0.15) is 51.1 Å². The highest BCUT2D eigenvalue weighted by Crippen LogP contribution is 2.37. The molecular weight excluding hydrogens is 284 g/mol. The molecular formula is C16H29ClN4. The molecule has 1 N–H and O–H groups in total. The molecule has 21 heavy (non-hydrogen) atoms. The lowest BCUT2D eigenvalue weighted by atomic mass is 9.85. The van der Waals surface area contributed by atoms with Crippen molar-refractivity contribution in [3.05, 3.63) is 16.9 Å². The van der Waals surface area contributed by atoms with Crippen molar-refractivity contribution in [2.24, 2.45) is 0 Å². The standard InChI is InChI=1S/C16H29ClN4/c1-4-8-16(9-6-5-7-10-18-16)15-14(17)13-19-21(15)12-11-20(2)3/h13,18H,4-12H2,1-3H3. The van der Waals surface area contributed by atoms with Crippen molar-refractivity contribution >= 4 is 11.6 Å². The minimum atomic E-state index is 0.00511. The van der Waals surface area contributed by atoms with Crippen LogP contribution >= 0.6 is 11.6 Å². The van der Waals surface area contributed by atoms with Crippen LogP contribution in [0.4, 0.5) is 0 Å². The monoisotopic (exact) mass is 312 g/mol. The molecule has 0 radical (unpaired) electrons. The molecule has 1 atom stereocenters. The Hall–Kier alpha value is -0.580. The molecule has 1 unspecified atom stereocenters. The first-order valence-corrected chi connectivity index (χ1v) is 8.58. The maximum atomic E-state index is 6.54. The molecule has 0 bridgehead atoms. The average Bonchev–Trinajstić information content (AvgIpc) is 2.66. The highest BCUT2D eigenvalue weighted by molar-refractivity contribution is 6.31. The highest BCUT2D eigenvalue weighted by atomic mass is 35.5. The normalized spacial score (nSPS) is 23.5. The van der Waals surface area contributed by atoms with Crippen molar-refractivity contribution < 1.29 is 0 Å². The van der Waals surface area contributed by atoms with E-state index in [0.717, 1.165) is 43.9 Å². The largest absolute Gasteiger partial charge is 0.308 e. The molecule has 1 aliphatic rings. The third-order valence-electron chi connectivity index (χ3n) is 4.43. The van der Waals surface area contributed by atoms with Crippen molar-refractivity contribution in [1.82, 2.24) is 20.0 Å². The van der Waals surface area contributed by atoms with E-state index in [-0.39, 0.29) is 5.54 Å². The van der Waals surface area contributed by atoms with Gasteiger partial charge in [-0.3, -0.25) is 4.68 Å². The number of hydrogen-bond donors (Lipinski definition) is 1. The second-order valence-corrected chi connectivity index (χ2v) is 6.84. The van der Waals surface area contributed by atoms with E-state index in [2.05, 4.69) is 41.0 Å². The van der Waals surface area contributed by atoms with Gasteiger partial charge in [0.05, 0.1) is 29.0 Å². The lowest BCUT2D eigenvalue weighted by Crippen LogP contribution is -2.44. The van der Waals surface area contributed by atoms with Gasteiger partial charge in [0.15, 0.2) is 0 Å². The van der Waals surface area contributed by atoms with Crippen LogP contribution < -0.4 is 5.32 Å². The summed E-state index contributed by atoms with van der Waals surface area (Å²) in [6, 6.07) is 0. The highest BCUT2D eigenvalue weighted by Gasteiger charge is 2.36. The Morgan fingerprint density at radius 3 is 2.90 bits per heavy atom.